The summed E-state index contributed by atoms with van der Waals surface area (Å²) in [6, 6.07) is 3.20. The molecule has 0 saturated carbocycles. The van der Waals surface area contributed by atoms with Crippen molar-refractivity contribution in [3.63, 3.8) is 0 Å². The molecule has 19 heavy (non-hydrogen) atoms. The van der Waals surface area contributed by atoms with Crippen LogP contribution in [-0.4, -0.2) is 25.4 Å². The number of carboxylic acids is 1. The van der Waals surface area contributed by atoms with Crippen LogP contribution < -0.4 is 0 Å². The Morgan fingerprint density at radius 3 is 2.79 bits per heavy atom. The Kier molecular flexibility index (Phi) is 4.49. The van der Waals surface area contributed by atoms with Crippen LogP contribution in [0.3, 0.4) is 0 Å². The molecule has 2 aromatic heterocycles. The van der Waals surface area contributed by atoms with Gasteiger partial charge in [-0.2, -0.15) is 4.37 Å². The van der Waals surface area contributed by atoms with E-state index in [4.69, 9.17) is 5.11 Å². The van der Waals surface area contributed by atoms with E-state index in [1.165, 1.54) is 23.3 Å². The molecule has 0 amide bonds. The van der Waals surface area contributed by atoms with Gasteiger partial charge in [0.15, 0.2) is 4.34 Å². The Labute approximate surface area is 119 Å². The van der Waals surface area contributed by atoms with Gasteiger partial charge in [0, 0.05) is 5.69 Å². The van der Waals surface area contributed by atoms with Crippen LogP contribution in [0.5, 0.6) is 0 Å². The maximum Gasteiger partial charge on any atom is 0.335 e. The summed E-state index contributed by atoms with van der Waals surface area (Å²) in [5.41, 5.74) is 1.06. The van der Waals surface area contributed by atoms with Crippen LogP contribution in [0.15, 0.2) is 21.5 Å². The molecule has 1 N–H and O–H groups in total. The van der Waals surface area contributed by atoms with Gasteiger partial charge in [-0.15, -0.1) is 0 Å². The molecule has 100 valence electrons. The number of aromatic carboxylic acids is 1. The second kappa shape index (κ2) is 6.12. The summed E-state index contributed by atoms with van der Waals surface area (Å²) in [6.07, 6.45) is 1.70. The fraction of sp³-hybridized carbons (Fsp3) is 0.333. The first-order valence-corrected chi connectivity index (χ1v) is 7.40. The highest BCUT2D eigenvalue weighted by molar-refractivity contribution is 8.00. The maximum atomic E-state index is 11.1. The summed E-state index contributed by atoms with van der Waals surface area (Å²) in [6.45, 7) is 3.86. The van der Waals surface area contributed by atoms with E-state index in [-0.39, 0.29) is 5.56 Å². The van der Waals surface area contributed by atoms with Crippen molar-refractivity contribution in [2.24, 2.45) is 0 Å². The van der Waals surface area contributed by atoms with Gasteiger partial charge >= 0.3 is 5.97 Å². The Bertz CT molecular complexity index is 598. The number of carboxylic acid groups (broad SMARTS) is 1. The van der Waals surface area contributed by atoms with Crippen molar-refractivity contribution < 1.29 is 9.90 Å². The molecule has 0 unspecified atom stereocenters. The number of aryl methyl sites for hydroxylation is 2. The van der Waals surface area contributed by atoms with Gasteiger partial charge in [-0.05, 0) is 48.8 Å². The standard InChI is InChI=1S/C12H13N3O2S2/c1-3-4-9-5-8(11(16)17)6-10(14-9)18-12-13-7(2)15-19-12/h5-6H,3-4H2,1-2H3,(H,16,17). The Morgan fingerprint density at radius 2 is 2.21 bits per heavy atom. The molecule has 0 saturated heterocycles. The van der Waals surface area contributed by atoms with E-state index in [0.717, 1.165) is 28.7 Å². The lowest BCUT2D eigenvalue weighted by molar-refractivity contribution is 0.0696. The van der Waals surface area contributed by atoms with Gasteiger partial charge in [0.25, 0.3) is 0 Å². The minimum atomic E-state index is -0.935. The molecule has 0 aliphatic carbocycles. The van der Waals surface area contributed by atoms with Crippen LogP contribution >= 0.6 is 23.3 Å². The molecular formula is C12H13N3O2S2. The Morgan fingerprint density at radius 1 is 1.42 bits per heavy atom. The van der Waals surface area contributed by atoms with Gasteiger partial charge in [-0.1, -0.05) is 13.3 Å². The molecule has 7 heteroatoms. The predicted octanol–water partition coefficient (Wildman–Crippen LogP) is 3.04. The second-order valence-corrected chi connectivity index (χ2v) is 5.97. The molecule has 0 aliphatic rings. The molecule has 0 bridgehead atoms. The topological polar surface area (TPSA) is 76.0 Å². The third kappa shape index (κ3) is 3.74. The summed E-state index contributed by atoms with van der Waals surface area (Å²) in [7, 11) is 0. The third-order valence-electron chi connectivity index (χ3n) is 2.31. The van der Waals surface area contributed by atoms with E-state index in [1.54, 1.807) is 12.1 Å². The van der Waals surface area contributed by atoms with Crippen molar-refractivity contribution in [2.75, 3.05) is 0 Å². The summed E-state index contributed by atoms with van der Waals surface area (Å²) in [5.74, 6) is -0.217. The van der Waals surface area contributed by atoms with Crippen molar-refractivity contribution in [1.82, 2.24) is 14.3 Å². The number of rotatable bonds is 5. The van der Waals surface area contributed by atoms with Gasteiger partial charge < -0.3 is 5.11 Å². The minimum Gasteiger partial charge on any atom is -0.478 e. The van der Waals surface area contributed by atoms with E-state index in [9.17, 15) is 4.79 Å². The van der Waals surface area contributed by atoms with Gasteiger partial charge in [0.1, 0.15) is 10.9 Å². The zero-order chi connectivity index (χ0) is 13.8. The summed E-state index contributed by atoms with van der Waals surface area (Å²) >= 11 is 2.64. The van der Waals surface area contributed by atoms with Crippen LogP contribution in [0.25, 0.3) is 0 Å². The van der Waals surface area contributed by atoms with Crippen LogP contribution in [0.2, 0.25) is 0 Å². The number of carbonyl (C=O) groups is 1. The highest BCUT2D eigenvalue weighted by Gasteiger charge is 2.11. The lowest BCUT2D eigenvalue weighted by Crippen LogP contribution is -2.01. The lowest BCUT2D eigenvalue weighted by atomic mass is 10.2. The molecule has 0 aromatic carbocycles. The quantitative estimate of drug-likeness (QED) is 0.913. The van der Waals surface area contributed by atoms with E-state index < -0.39 is 5.97 Å². The SMILES string of the molecule is CCCc1cc(C(=O)O)cc(Sc2nc(C)ns2)n1. The number of pyridine rings is 1. The van der Waals surface area contributed by atoms with Crippen LogP contribution in [-0.2, 0) is 6.42 Å². The van der Waals surface area contributed by atoms with E-state index in [2.05, 4.69) is 14.3 Å². The predicted molar refractivity (Wildman–Crippen MR) is 74.0 cm³/mol. The lowest BCUT2D eigenvalue weighted by Gasteiger charge is -2.04. The molecule has 0 aliphatic heterocycles. The third-order valence-corrected chi connectivity index (χ3v) is 4.07. The molecule has 2 rings (SSSR count). The minimum absolute atomic E-state index is 0.266. The first-order valence-electron chi connectivity index (χ1n) is 5.81. The molecule has 2 aromatic rings. The van der Waals surface area contributed by atoms with Crippen LogP contribution in [0.1, 0.15) is 35.2 Å². The molecule has 5 nitrogen and oxygen atoms in total. The average Bonchev–Trinajstić information content (AvgIpc) is 2.75. The molecule has 0 fully saturated rings. The zero-order valence-electron chi connectivity index (χ0n) is 10.6. The fourth-order valence-corrected chi connectivity index (χ4v) is 3.18. The zero-order valence-corrected chi connectivity index (χ0v) is 12.2. The molecule has 0 spiro atoms. The fourth-order valence-electron chi connectivity index (χ4n) is 1.53. The smallest absolute Gasteiger partial charge is 0.335 e. The number of hydrogen-bond donors (Lipinski definition) is 1. The Balaban J connectivity index is 2.30. The maximum absolute atomic E-state index is 11.1. The van der Waals surface area contributed by atoms with Crippen molar-refractivity contribution in [2.45, 2.75) is 36.1 Å². The van der Waals surface area contributed by atoms with Gasteiger partial charge in [-0.3, -0.25) is 0 Å². The van der Waals surface area contributed by atoms with Crippen molar-refractivity contribution in [1.29, 1.82) is 0 Å². The van der Waals surface area contributed by atoms with Crippen molar-refractivity contribution in [3.05, 3.63) is 29.2 Å². The molecule has 0 radical (unpaired) electrons. The molecular weight excluding hydrogens is 282 g/mol. The number of aromatic nitrogens is 3. The summed E-state index contributed by atoms with van der Waals surface area (Å²) < 4.78 is 4.87. The normalized spacial score (nSPS) is 10.6. The summed E-state index contributed by atoms with van der Waals surface area (Å²) in [4.78, 5) is 19.8. The largest absolute Gasteiger partial charge is 0.478 e. The first-order chi connectivity index (χ1) is 9.08. The van der Waals surface area contributed by atoms with E-state index >= 15 is 0 Å². The van der Waals surface area contributed by atoms with Crippen LogP contribution in [0.4, 0.5) is 0 Å². The summed E-state index contributed by atoms with van der Waals surface area (Å²) in [5, 5.41) is 9.76. The Hall–Kier alpha value is -1.47. The first kappa shape index (κ1) is 14.0. The number of nitrogens with zero attached hydrogens (tertiary/aromatic N) is 3. The van der Waals surface area contributed by atoms with Crippen LogP contribution in [0, 0.1) is 6.92 Å². The van der Waals surface area contributed by atoms with E-state index in [0.29, 0.717) is 5.03 Å². The molecule has 2 heterocycles. The average molecular weight is 295 g/mol. The van der Waals surface area contributed by atoms with Gasteiger partial charge in [0.2, 0.25) is 0 Å². The second-order valence-electron chi connectivity index (χ2n) is 3.95. The van der Waals surface area contributed by atoms with Crippen molar-refractivity contribution in [3.8, 4) is 0 Å². The van der Waals surface area contributed by atoms with E-state index in [1.807, 2.05) is 13.8 Å². The highest BCUT2D eigenvalue weighted by Crippen LogP contribution is 2.28. The monoisotopic (exact) mass is 295 g/mol. The number of hydrogen-bond acceptors (Lipinski definition) is 6. The molecule has 0 atom stereocenters. The highest BCUT2D eigenvalue weighted by atomic mass is 32.2. The van der Waals surface area contributed by atoms with Crippen molar-refractivity contribution >= 4 is 29.3 Å². The van der Waals surface area contributed by atoms with Gasteiger partial charge in [0.05, 0.1) is 5.56 Å². The van der Waals surface area contributed by atoms with Gasteiger partial charge in [-0.25, -0.2) is 14.8 Å².